The third-order valence-electron chi connectivity index (χ3n) is 5.48. The van der Waals surface area contributed by atoms with Gasteiger partial charge in [0.25, 0.3) is 5.95 Å². The molecule has 0 atom stereocenters. The Morgan fingerprint density at radius 3 is 2.33 bits per heavy atom. The van der Waals surface area contributed by atoms with Gasteiger partial charge in [0, 0.05) is 17.5 Å². The monoisotopic (exact) mass is 404 g/mol. The molecule has 7 nitrogen and oxygen atoms in total. The molecule has 0 aliphatic carbocycles. The molecule has 0 spiro atoms. The number of nitrogens with zero attached hydrogens (tertiary/aromatic N) is 5. The van der Waals surface area contributed by atoms with Crippen molar-refractivity contribution in [2.24, 2.45) is 0 Å². The van der Waals surface area contributed by atoms with Crippen LogP contribution in [0.5, 0.6) is 0 Å². The van der Waals surface area contributed by atoms with Gasteiger partial charge in [-0.2, -0.15) is 9.78 Å². The molecule has 1 aliphatic heterocycles. The Bertz CT molecular complexity index is 1000. The van der Waals surface area contributed by atoms with Crippen LogP contribution in [0.2, 0.25) is 0 Å². The summed E-state index contributed by atoms with van der Waals surface area (Å²) in [5, 5.41) is 7.47. The van der Waals surface area contributed by atoms with Crippen molar-refractivity contribution in [3.05, 3.63) is 65.1 Å². The molecule has 1 amide bonds. The number of hydrogen-bond donors (Lipinski definition) is 1. The third-order valence-corrected chi connectivity index (χ3v) is 5.48. The van der Waals surface area contributed by atoms with E-state index in [1.807, 2.05) is 32.9 Å². The van der Waals surface area contributed by atoms with Crippen LogP contribution >= 0.6 is 0 Å². The molecule has 1 fully saturated rings. The van der Waals surface area contributed by atoms with Crippen LogP contribution in [0.1, 0.15) is 41.4 Å². The summed E-state index contributed by atoms with van der Waals surface area (Å²) >= 11 is 0. The van der Waals surface area contributed by atoms with Gasteiger partial charge in [0.2, 0.25) is 5.91 Å². The molecular weight excluding hydrogens is 376 g/mol. The fourth-order valence-electron chi connectivity index (χ4n) is 4.08. The predicted molar refractivity (Wildman–Crippen MR) is 117 cm³/mol. The van der Waals surface area contributed by atoms with Gasteiger partial charge in [-0.1, -0.05) is 30.3 Å². The lowest BCUT2D eigenvalue weighted by atomic mass is 9.89. The number of aromatic nitrogens is 4. The Hall–Kier alpha value is -3.06. The summed E-state index contributed by atoms with van der Waals surface area (Å²) in [6, 6.07) is 14.4. The third kappa shape index (κ3) is 4.74. The Morgan fingerprint density at radius 2 is 1.67 bits per heavy atom. The smallest absolute Gasteiger partial charge is 0.252 e. The minimum absolute atomic E-state index is 0.0429. The Balaban J connectivity index is 1.38. The van der Waals surface area contributed by atoms with E-state index in [9.17, 15) is 4.79 Å². The zero-order valence-corrected chi connectivity index (χ0v) is 17.8. The van der Waals surface area contributed by atoms with Crippen LogP contribution in [-0.2, 0) is 4.79 Å². The van der Waals surface area contributed by atoms with Gasteiger partial charge in [0.05, 0.1) is 12.2 Å². The van der Waals surface area contributed by atoms with Crippen LogP contribution < -0.4 is 5.32 Å². The molecule has 3 aromatic rings. The first-order valence-corrected chi connectivity index (χ1v) is 10.4. The highest BCUT2D eigenvalue weighted by molar-refractivity contribution is 5.91. The van der Waals surface area contributed by atoms with Crippen molar-refractivity contribution in [1.82, 2.24) is 24.6 Å². The molecule has 1 aliphatic rings. The largest absolute Gasteiger partial charge is 0.309 e. The van der Waals surface area contributed by atoms with Crippen molar-refractivity contribution < 1.29 is 4.79 Å². The van der Waals surface area contributed by atoms with Crippen molar-refractivity contribution in [2.75, 3.05) is 25.0 Å². The van der Waals surface area contributed by atoms with Gasteiger partial charge in [-0.15, -0.1) is 0 Å². The average molecular weight is 405 g/mol. The number of piperidine rings is 1. The highest BCUT2D eigenvalue weighted by Crippen LogP contribution is 2.27. The normalized spacial score (nSPS) is 15.3. The zero-order chi connectivity index (χ0) is 21.1. The number of hydrogen-bond acceptors (Lipinski definition) is 5. The van der Waals surface area contributed by atoms with Gasteiger partial charge in [0.1, 0.15) is 5.82 Å². The van der Waals surface area contributed by atoms with Crippen molar-refractivity contribution in [3.8, 4) is 5.95 Å². The van der Waals surface area contributed by atoms with E-state index < -0.39 is 0 Å². The first-order valence-electron chi connectivity index (χ1n) is 10.4. The summed E-state index contributed by atoms with van der Waals surface area (Å²) in [4.78, 5) is 23.9. The Morgan fingerprint density at radius 1 is 1.00 bits per heavy atom. The van der Waals surface area contributed by atoms with E-state index in [0.717, 1.165) is 43.0 Å². The molecule has 4 rings (SSSR count). The van der Waals surface area contributed by atoms with E-state index in [-0.39, 0.29) is 5.91 Å². The van der Waals surface area contributed by atoms with E-state index in [2.05, 4.69) is 55.6 Å². The number of nitrogens with one attached hydrogen (secondary N) is 1. The van der Waals surface area contributed by atoms with Crippen LogP contribution in [0.15, 0.2) is 42.5 Å². The number of amides is 1. The maximum Gasteiger partial charge on any atom is 0.252 e. The molecule has 2 aromatic heterocycles. The van der Waals surface area contributed by atoms with Gasteiger partial charge in [-0.3, -0.25) is 9.69 Å². The molecule has 30 heavy (non-hydrogen) atoms. The van der Waals surface area contributed by atoms with E-state index in [0.29, 0.717) is 24.2 Å². The minimum Gasteiger partial charge on any atom is -0.309 e. The number of rotatable bonds is 5. The summed E-state index contributed by atoms with van der Waals surface area (Å²) in [7, 11) is 0. The molecule has 7 heteroatoms. The summed E-state index contributed by atoms with van der Waals surface area (Å²) < 4.78 is 1.61. The summed E-state index contributed by atoms with van der Waals surface area (Å²) in [5.41, 5.74) is 3.93. The second-order valence-corrected chi connectivity index (χ2v) is 8.04. The lowest BCUT2D eigenvalue weighted by molar-refractivity contribution is -0.117. The summed E-state index contributed by atoms with van der Waals surface area (Å²) in [6.07, 6.45) is 2.15. The van der Waals surface area contributed by atoms with E-state index in [4.69, 9.17) is 0 Å². The molecule has 3 heterocycles. The minimum atomic E-state index is -0.0429. The number of carbonyl (C=O) groups is 1. The predicted octanol–water partition coefficient (Wildman–Crippen LogP) is 3.41. The lowest BCUT2D eigenvalue weighted by Gasteiger charge is -2.31. The molecule has 0 bridgehead atoms. The van der Waals surface area contributed by atoms with Crippen molar-refractivity contribution in [1.29, 1.82) is 0 Å². The molecule has 1 saturated heterocycles. The number of carbonyl (C=O) groups excluding carboxylic acids is 1. The first kappa shape index (κ1) is 20.2. The van der Waals surface area contributed by atoms with E-state index in [1.54, 1.807) is 4.68 Å². The molecule has 0 unspecified atom stereocenters. The highest BCUT2D eigenvalue weighted by Gasteiger charge is 2.22. The van der Waals surface area contributed by atoms with Crippen LogP contribution in [0.25, 0.3) is 5.95 Å². The Labute approximate surface area is 177 Å². The fourth-order valence-corrected chi connectivity index (χ4v) is 4.08. The zero-order valence-electron chi connectivity index (χ0n) is 17.8. The first-order chi connectivity index (χ1) is 14.5. The summed E-state index contributed by atoms with van der Waals surface area (Å²) in [6.45, 7) is 7.96. The van der Waals surface area contributed by atoms with Crippen molar-refractivity contribution in [2.45, 2.75) is 39.5 Å². The van der Waals surface area contributed by atoms with Crippen LogP contribution in [-0.4, -0.2) is 50.2 Å². The number of anilines is 1. The molecule has 156 valence electrons. The second kappa shape index (κ2) is 8.75. The van der Waals surface area contributed by atoms with Gasteiger partial charge < -0.3 is 5.32 Å². The van der Waals surface area contributed by atoms with Crippen LogP contribution in [0, 0.1) is 20.8 Å². The van der Waals surface area contributed by atoms with Gasteiger partial charge in [-0.25, -0.2) is 9.97 Å². The second-order valence-electron chi connectivity index (χ2n) is 8.04. The maximum absolute atomic E-state index is 12.7. The van der Waals surface area contributed by atoms with E-state index in [1.165, 1.54) is 5.56 Å². The number of likely N-dealkylation sites (tertiary alicyclic amines) is 1. The highest BCUT2D eigenvalue weighted by atomic mass is 16.2. The SMILES string of the molecule is Cc1cc(C)nc(-n2nc(C)cc2NC(=O)CN2CCC(c3ccccc3)CC2)n1. The maximum atomic E-state index is 12.7. The Kier molecular flexibility index (Phi) is 5.90. The molecule has 1 aromatic carbocycles. The van der Waals surface area contributed by atoms with Gasteiger partial charge in [0.15, 0.2) is 0 Å². The topological polar surface area (TPSA) is 75.9 Å². The van der Waals surface area contributed by atoms with Crippen molar-refractivity contribution in [3.63, 3.8) is 0 Å². The quantitative estimate of drug-likeness (QED) is 0.705. The fraction of sp³-hybridized carbons (Fsp3) is 0.391. The molecular formula is C23H28N6O. The number of benzene rings is 1. The van der Waals surface area contributed by atoms with Crippen LogP contribution in [0.4, 0.5) is 5.82 Å². The van der Waals surface area contributed by atoms with E-state index >= 15 is 0 Å². The molecule has 0 radical (unpaired) electrons. The summed E-state index contributed by atoms with van der Waals surface area (Å²) in [5.74, 6) is 1.61. The number of aryl methyl sites for hydroxylation is 3. The van der Waals surface area contributed by atoms with Gasteiger partial charge >= 0.3 is 0 Å². The molecule has 1 N–H and O–H groups in total. The lowest BCUT2D eigenvalue weighted by Crippen LogP contribution is -2.39. The van der Waals surface area contributed by atoms with Crippen molar-refractivity contribution >= 4 is 11.7 Å². The standard InChI is InChI=1S/C23H28N6O/c1-16-13-17(2)25-23(24-16)29-21(14-18(3)27-29)26-22(30)15-28-11-9-20(10-12-28)19-7-5-4-6-8-19/h4-8,13-14,20H,9-12,15H2,1-3H3,(H,26,30). The van der Waals surface area contributed by atoms with Crippen LogP contribution in [0.3, 0.4) is 0 Å². The van der Waals surface area contributed by atoms with Gasteiger partial charge in [-0.05, 0) is 64.3 Å². The average Bonchev–Trinajstić information content (AvgIpc) is 3.08. The molecule has 0 saturated carbocycles.